The summed E-state index contributed by atoms with van der Waals surface area (Å²) < 4.78 is 30.0. The van der Waals surface area contributed by atoms with Crippen molar-refractivity contribution in [2.75, 3.05) is 26.2 Å². The average Bonchev–Trinajstić information content (AvgIpc) is 3.16. The maximum absolute atomic E-state index is 12.8. The van der Waals surface area contributed by atoms with Gasteiger partial charge in [-0.15, -0.1) is 0 Å². The molecule has 12 nitrogen and oxygen atoms in total. The maximum Gasteiger partial charge on any atom is 0.404 e. The monoisotopic (exact) mass is 489 g/mol. The molecule has 0 aliphatic carbocycles. The van der Waals surface area contributed by atoms with E-state index in [4.69, 9.17) is 0 Å². The standard InChI is InChI=1S/C15H20BrN7O5S/c1-10-12(8-17-19(10)3)29(27,28)21-6-4-20(5-7-21)13(24)9-22-11(2)14(16)15(18-22)23(25)26/h8H,4-7,9H2,1-3H3. The van der Waals surface area contributed by atoms with E-state index in [-0.39, 0.29) is 53.8 Å². The number of piperazine rings is 1. The molecule has 0 radical (unpaired) electrons. The minimum atomic E-state index is -3.69. The number of aryl methyl sites for hydroxylation is 1. The smallest absolute Gasteiger partial charge is 0.358 e. The van der Waals surface area contributed by atoms with Crippen LogP contribution in [0.2, 0.25) is 0 Å². The largest absolute Gasteiger partial charge is 0.404 e. The highest BCUT2D eigenvalue weighted by Crippen LogP contribution is 2.27. The molecule has 3 heterocycles. The van der Waals surface area contributed by atoms with Crippen LogP contribution < -0.4 is 0 Å². The van der Waals surface area contributed by atoms with Crippen LogP contribution in [0.1, 0.15) is 11.4 Å². The Morgan fingerprint density at radius 3 is 2.34 bits per heavy atom. The molecule has 158 valence electrons. The fraction of sp³-hybridized carbons (Fsp3) is 0.533. The molecule has 2 aromatic rings. The Morgan fingerprint density at radius 2 is 1.86 bits per heavy atom. The summed E-state index contributed by atoms with van der Waals surface area (Å²) in [6, 6.07) is 0. The van der Waals surface area contributed by atoms with Crippen LogP contribution in [-0.4, -0.2) is 74.2 Å². The molecule has 0 aromatic carbocycles. The van der Waals surface area contributed by atoms with Crippen molar-refractivity contribution in [3.8, 4) is 0 Å². The zero-order valence-electron chi connectivity index (χ0n) is 16.1. The van der Waals surface area contributed by atoms with Gasteiger partial charge in [0.15, 0.2) is 0 Å². The highest BCUT2D eigenvalue weighted by atomic mass is 79.9. The molecule has 0 unspecified atom stereocenters. The summed E-state index contributed by atoms with van der Waals surface area (Å²) in [4.78, 5) is 24.6. The molecule has 29 heavy (non-hydrogen) atoms. The summed E-state index contributed by atoms with van der Waals surface area (Å²) in [5.41, 5.74) is 1.02. The molecule has 0 saturated carbocycles. The molecule has 1 aliphatic rings. The third-order valence-electron chi connectivity index (χ3n) is 4.97. The predicted molar refractivity (Wildman–Crippen MR) is 105 cm³/mol. The van der Waals surface area contributed by atoms with Gasteiger partial charge in [-0.05, 0) is 34.7 Å². The number of aromatic nitrogens is 4. The topological polar surface area (TPSA) is 136 Å². The van der Waals surface area contributed by atoms with E-state index in [2.05, 4.69) is 26.1 Å². The fourth-order valence-corrected chi connectivity index (χ4v) is 5.09. The molecular formula is C15H20BrN7O5S. The molecule has 0 bridgehead atoms. The zero-order valence-corrected chi connectivity index (χ0v) is 18.5. The lowest BCUT2D eigenvalue weighted by Gasteiger charge is -2.33. The van der Waals surface area contributed by atoms with E-state index < -0.39 is 14.9 Å². The van der Waals surface area contributed by atoms with E-state index in [0.717, 1.165) is 0 Å². The van der Waals surface area contributed by atoms with Gasteiger partial charge in [0.2, 0.25) is 15.9 Å². The molecule has 0 spiro atoms. The molecule has 1 saturated heterocycles. The molecule has 0 N–H and O–H groups in total. The number of carbonyl (C=O) groups excluding carboxylic acids is 1. The van der Waals surface area contributed by atoms with Gasteiger partial charge < -0.3 is 15.0 Å². The minimum Gasteiger partial charge on any atom is -0.358 e. The SMILES string of the molecule is Cc1c(S(=O)(=O)N2CCN(C(=O)Cn3nc([N+](=O)[O-])c(Br)c3C)CC2)cnn1C. The van der Waals surface area contributed by atoms with Crippen LogP contribution >= 0.6 is 15.9 Å². The first-order valence-corrected chi connectivity index (χ1v) is 10.9. The Balaban J connectivity index is 1.67. The van der Waals surface area contributed by atoms with E-state index in [0.29, 0.717) is 11.4 Å². The van der Waals surface area contributed by atoms with Crippen molar-refractivity contribution in [3.63, 3.8) is 0 Å². The Morgan fingerprint density at radius 1 is 1.24 bits per heavy atom. The Hall–Kier alpha value is -2.32. The number of hydrogen-bond donors (Lipinski definition) is 0. The van der Waals surface area contributed by atoms with Crippen molar-refractivity contribution in [3.05, 3.63) is 32.2 Å². The first-order chi connectivity index (χ1) is 13.5. The Labute approximate surface area is 175 Å². The van der Waals surface area contributed by atoms with Crippen molar-refractivity contribution in [2.24, 2.45) is 7.05 Å². The molecular weight excluding hydrogens is 470 g/mol. The van der Waals surface area contributed by atoms with E-state index in [1.807, 2.05) is 0 Å². The van der Waals surface area contributed by atoms with Crippen LogP contribution in [0, 0.1) is 24.0 Å². The molecule has 1 amide bonds. The van der Waals surface area contributed by atoms with Gasteiger partial charge in [0.25, 0.3) is 0 Å². The molecule has 1 aliphatic heterocycles. The van der Waals surface area contributed by atoms with Gasteiger partial charge in [0.1, 0.15) is 15.9 Å². The van der Waals surface area contributed by atoms with Crippen LogP contribution in [0.5, 0.6) is 0 Å². The number of nitrogens with zero attached hydrogens (tertiary/aromatic N) is 7. The highest BCUT2D eigenvalue weighted by Gasteiger charge is 2.33. The van der Waals surface area contributed by atoms with Crippen molar-refractivity contribution >= 4 is 37.7 Å². The second-order valence-corrected chi connectivity index (χ2v) is 9.34. The first-order valence-electron chi connectivity index (χ1n) is 8.68. The summed E-state index contributed by atoms with van der Waals surface area (Å²) in [6.45, 7) is 3.91. The van der Waals surface area contributed by atoms with Crippen LogP contribution in [0.15, 0.2) is 15.6 Å². The first kappa shape index (κ1) is 21.4. The van der Waals surface area contributed by atoms with Gasteiger partial charge in [-0.3, -0.25) is 9.48 Å². The van der Waals surface area contributed by atoms with Gasteiger partial charge in [-0.25, -0.2) is 8.42 Å². The van der Waals surface area contributed by atoms with Crippen LogP contribution in [-0.2, 0) is 28.4 Å². The summed E-state index contributed by atoms with van der Waals surface area (Å²) in [7, 11) is -2.01. The molecule has 2 aromatic heterocycles. The van der Waals surface area contributed by atoms with E-state index in [1.165, 1.54) is 24.8 Å². The third-order valence-corrected chi connectivity index (χ3v) is 7.90. The van der Waals surface area contributed by atoms with Crippen molar-refractivity contribution in [1.82, 2.24) is 28.8 Å². The molecule has 1 fully saturated rings. The van der Waals surface area contributed by atoms with Crippen LogP contribution in [0.4, 0.5) is 5.82 Å². The Bertz CT molecular complexity index is 1070. The van der Waals surface area contributed by atoms with Gasteiger partial charge in [-0.2, -0.15) is 14.1 Å². The number of sulfonamides is 1. The number of hydrogen-bond acceptors (Lipinski definition) is 7. The lowest BCUT2D eigenvalue weighted by molar-refractivity contribution is -0.390. The summed E-state index contributed by atoms with van der Waals surface area (Å²) in [5, 5.41) is 18.8. The van der Waals surface area contributed by atoms with Gasteiger partial charge in [0, 0.05) is 33.2 Å². The molecule has 3 rings (SSSR count). The quantitative estimate of drug-likeness (QED) is 0.438. The van der Waals surface area contributed by atoms with Crippen LogP contribution in [0.3, 0.4) is 0 Å². The summed E-state index contributed by atoms with van der Waals surface area (Å²) in [5.74, 6) is -0.634. The van der Waals surface area contributed by atoms with Crippen molar-refractivity contribution in [1.29, 1.82) is 0 Å². The number of halogens is 1. The number of rotatable bonds is 5. The van der Waals surface area contributed by atoms with Gasteiger partial charge >= 0.3 is 5.82 Å². The van der Waals surface area contributed by atoms with Crippen molar-refractivity contribution in [2.45, 2.75) is 25.3 Å². The number of nitro groups is 1. The van der Waals surface area contributed by atoms with E-state index in [9.17, 15) is 23.3 Å². The van der Waals surface area contributed by atoms with Crippen molar-refractivity contribution < 1.29 is 18.1 Å². The predicted octanol–water partition coefficient (Wildman–Crippen LogP) is 0.437. The van der Waals surface area contributed by atoms with Gasteiger partial charge in [0.05, 0.1) is 22.7 Å². The maximum atomic E-state index is 12.8. The average molecular weight is 490 g/mol. The second-order valence-electron chi connectivity index (χ2n) is 6.64. The highest BCUT2D eigenvalue weighted by molar-refractivity contribution is 9.10. The Kier molecular flexibility index (Phi) is 5.78. The normalized spacial score (nSPS) is 15.7. The van der Waals surface area contributed by atoms with Gasteiger partial charge in [-0.1, -0.05) is 0 Å². The zero-order chi connectivity index (χ0) is 21.5. The van der Waals surface area contributed by atoms with E-state index >= 15 is 0 Å². The molecule has 0 atom stereocenters. The molecule has 14 heteroatoms. The third kappa shape index (κ3) is 3.91. The fourth-order valence-electron chi connectivity index (χ4n) is 3.06. The number of carbonyl (C=O) groups is 1. The second kappa shape index (κ2) is 7.84. The van der Waals surface area contributed by atoms with E-state index in [1.54, 1.807) is 20.9 Å². The lowest BCUT2D eigenvalue weighted by Crippen LogP contribution is -2.51. The summed E-state index contributed by atoms with van der Waals surface area (Å²) >= 11 is 3.12. The number of amides is 1. The minimum absolute atomic E-state index is 0.157. The summed E-state index contributed by atoms with van der Waals surface area (Å²) in [6.07, 6.45) is 1.33. The van der Waals surface area contributed by atoms with Crippen LogP contribution in [0.25, 0.3) is 0 Å². The lowest BCUT2D eigenvalue weighted by atomic mass is 10.3.